The van der Waals surface area contributed by atoms with Gasteiger partial charge in [0.25, 0.3) is 0 Å². The zero-order valence-corrected chi connectivity index (χ0v) is 18.3. The third kappa shape index (κ3) is 4.28. The highest BCUT2D eigenvalue weighted by Crippen LogP contribution is 2.39. The van der Waals surface area contributed by atoms with E-state index in [9.17, 15) is 9.90 Å². The molecular formula is C24H30N4O3. The Kier molecular flexibility index (Phi) is 5.96. The summed E-state index contributed by atoms with van der Waals surface area (Å²) >= 11 is 0. The van der Waals surface area contributed by atoms with Crippen LogP contribution in [0.4, 0.5) is 0 Å². The summed E-state index contributed by atoms with van der Waals surface area (Å²) in [6.45, 7) is 10.1. The van der Waals surface area contributed by atoms with Crippen molar-refractivity contribution in [2.24, 2.45) is 10.6 Å². The van der Waals surface area contributed by atoms with E-state index in [2.05, 4.69) is 34.7 Å². The molecule has 3 heterocycles. The minimum absolute atomic E-state index is 0.190. The minimum Gasteiger partial charge on any atom is -0.481 e. The fourth-order valence-corrected chi connectivity index (χ4v) is 4.71. The zero-order chi connectivity index (χ0) is 22.0. The van der Waals surface area contributed by atoms with Gasteiger partial charge in [-0.1, -0.05) is 36.0 Å². The number of aromatic nitrogens is 2. The van der Waals surface area contributed by atoms with Gasteiger partial charge >= 0.3 is 5.97 Å². The van der Waals surface area contributed by atoms with Crippen LogP contribution in [0.15, 0.2) is 42.2 Å². The molecule has 1 aromatic carbocycles. The van der Waals surface area contributed by atoms with E-state index in [1.54, 1.807) is 10.9 Å². The van der Waals surface area contributed by atoms with E-state index >= 15 is 0 Å². The maximum atomic E-state index is 12.3. The van der Waals surface area contributed by atoms with Gasteiger partial charge in [-0.15, -0.1) is 0 Å². The second kappa shape index (κ2) is 8.67. The summed E-state index contributed by atoms with van der Waals surface area (Å²) in [5.74, 6) is -0.726. The van der Waals surface area contributed by atoms with Gasteiger partial charge in [-0.3, -0.25) is 9.69 Å². The Bertz CT molecular complexity index is 1000. The number of likely N-dealkylation sites (tertiary alicyclic amines) is 1. The molecule has 1 fully saturated rings. The van der Waals surface area contributed by atoms with Crippen molar-refractivity contribution in [3.63, 3.8) is 0 Å². The number of rotatable bonds is 7. The molecule has 0 saturated carbocycles. The summed E-state index contributed by atoms with van der Waals surface area (Å²) in [6, 6.07) is 8.10. The van der Waals surface area contributed by atoms with Crippen molar-refractivity contribution in [1.29, 1.82) is 0 Å². The van der Waals surface area contributed by atoms with Gasteiger partial charge in [-0.25, -0.2) is 4.68 Å². The molecule has 2 aliphatic heterocycles. The van der Waals surface area contributed by atoms with Gasteiger partial charge in [-0.05, 0) is 45.3 Å². The van der Waals surface area contributed by atoms with Gasteiger partial charge in [0.1, 0.15) is 6.10 Å². The maximum Gasteiger partial charge on any atom is 0.309 e. The lowest BCUT2D eigenvalue weighted by Crippen LogP contribution is -2.45. The number of carboxylic acids is 1. The Labute approximate surface area is 183 Å². The first kappa shape index (κ1) is 21.3. The maximum absolute atomic E-state index is 12.3. The number of carboxylic acid groups (broad SMARTS) is 1. The van der Waals surface area contributed by atoms with Crippen LogP contribution in [0.5, 0.6) is 0 Å². The van der Waals surface area contributed by atoms with E-state index in [0.717, 1.165) is 47.7 Å². The third-order valence-electron chi connectivity index (χ3n) is 6.79. The predicted octanol–water partition coefficient (Wildman–Crippen LogP) is 3.85. The molecule has 0 aliphatic carbocycles. The van der Waals surface area contributed by atoms with E-state index in [-0.39, 0.29) is 6.10 Å². The quantitative estimate of drug-likeness (QED) is 0.733. The molecule has 0 bridgehead atoms. The van der Waals surface area contributed by atoms with Crippen LogP contribution in [-0.4, -0.2) is 50.7 Å². The number of piperidine rings is 1. The Morgan fingerprint density at radius 3 is 2.71 bits per heavy atom. The van der Waals surface area contributed by atoms with Crippen molar-refractivity contribution in [2.75, 3.05) is 13.1 Å². The summed E-state index contributed by atoms with van der Waals surface area (Å²) in [6.07, 6.45) is 5.73. The van der Waals surface area contributed by atoms with Crippen LogP contribution in [-0.2, 0) is 16.2 Å². The first-order valence-corrected chi connectivity index (χ1v) is 10.8. The second-order valence-corrected chi connectivity index (χ2v) is 8.73. The summed E-state index contributed by atoms with van der Waals surface area (Å²) in [7, 11) is 0. The van der Waals surface area contributed by atoms with E-state index in [4.69, 9.17) is 4.84 Å². The number of aliphatic carboxylic acids is 1. The topological polar surface area (TPSA) is 80.0 Å². The van der Waals surface area contributed by atoms with E-state index in [1.807, 2.05) is 31.3 Å². The molecule has 31 heavy (non-hydrogen) atoms. The molecule has 0 amide bonds. The number of nitrogens with zero attached hydrogens (tertiary/aromatic N) is 4. The molecule has 4 rings (SSSR count). The van der Waals surface area contributed by atoms with E-state index in [0.29, 0.717) is 25.7 Å². The summed E-state index contributed by atoms with van der Waals surface area (Å²) in [4.78, 5) is 20.3. The zero-order valence-electron chi connectivity index (χ0n) is 18.3. The number of aryl methyl sites for hydroxylation is 1. The Morgan fingerprint density at radius 2 is 2.06 bits per heavy atom. The first-order valence-electron chi connectivity index (χ1n) is 10.8. The van der Waals surface area contributed by atoms with Crippen LogP contribution in [0.3, 0.4) is 0 Å². The standard InChI is InChI=1S/C24H30N4O3/c1-4-28-18(3)19(15-25-28)16-27-11-9-24(10-12-27,23(29)30)14-20-13-22(26-31-20)21-8-6-5-7-17(21)2/h4-8,15,20H,1,9-14,16H2,2-3H3,(H,29,30)/t20-/m0/s1. The van der Waals surface area contributed by atoms with Crippen molar-refractivity contribution >= 4 is 17.9 Å². The number of oxime groups is 1. The molecule has 164 valence electrons. The molecule has 0 radical (unpaired) electrons. The molecule has 2 aliphatic rings. The summed E-state index contributed by atoms with van der Waals surface area (Å²) in [5.41, 5.74) is 4.61. The monoisotopic (exact) mass is 422 g/mol. The van der Waals surface area contributed by atoms with Gasteiger partial charge in [0.15, 0.2) is 0 Å². The van der Waals surface area contributed by atoms with E-state index < -0.39 is 11.4 Å². The van der Waals surface area contributed by atoms with Gasteiger partial charge in [-0.2, -0.15) is 5.10 Å². The SMILES string of the molecule is C=Cn1ncc(CN2CCC(C[C@@H]3CC(c4ccccc4C)=NO3)(C(=O)O)CC2)c1C. The summed E-state index contributed by atoms with van der Waals surface area (Å²) in [5, 5.41) is 18.7. The van der Waals surface area contributed by atoms with Crippen LogP contribution in [0.2, 0.25) is 0 Å². The number of hydrogen-bond acceptors (Lipinski definition) is 5. The van der Waals surface area contributed by atoms with Gasteiger partial charge in [0, 0.05) is 42.4 Å². The van der Waals surface area contributed by atoms with Crippen LogP contribution >= 0.6 is 0 Å². The van der Waals surface area contributed by atoms with Crippen molar-refractivity contribution in [3.05, 3.63) is 59.4 Å². The molecule has 1 saturated heterocycles. The number of carbonyl (C=O) groups is 1. The van der Waals surface area contributed by atoms with Crippen molar-refractivity contribution in [3.8, 4) is 0 Å². The number of benzene rings is 1. The minimum atomic E-state index is -0.766. The highest BCUT2D eigenvalue weighted by molar-refractivity contribution is 6.02. The molecule has 0 unspecified atom stereocenters. The van der Waals surface area contributed by atoms with Gasteiger partial charge in [0.05, 0.1) is 17.3 Å². The van der Waals surface area contributed by atoms with E-state index in [1.165, 1.54) is 0 Å². The molecule has 7 heteroatoms. The fraction of sp³-hybridized carbons (Fsp3) is 0.458. The van der Waals surface area contributed by atoms with Crippen LogP contribution < -0.4 is 0 Å². The van der Waals surface area contributed by atoms with Gasteiger partial charge in [0.2, 0.25) is 0 Å². The first-order chi connectivity index (χ1) is 14.9. The molecule has 1 atom stereocenters. The Balaban J connectivity index is 1.37. The van der Waals surface area contributed by atoms with Gasteiger partial charge < -0.3 is 9.94 Å². The third-order valence-corrected chi connectivity index (χ3v) is 6.79. The highest BCUT2D eigenvalue weighted by atomic mass is 16.6. The molecular weight excluding hydrogens is 392 g/mol. The molecule has 1 N–H and O–H groups in total. The molecule has 1 aromatic heterocycles. The Morgan fingerprint density at radius 1 is 1.32 bits per heavy atom. The lowest BCUT2D eigenvalue weighted by atomic mass is 9.73. The average molecular weight is 423 g/mol. The van der Waals surface area contributed by atoms with Crippen molar-refractivity contribution < 1.29 is 14.7 Å². The smallest absolute Gasteiger partial charge is 0.309 e. The summed E-state index contributed by atoms with van der Waals surface area (Å²) < 4.78 is 1.77. The van der Waals surface area contributed by atoms with Crippen LogP contribution in [0.1, 0.15) is 48.1 Å². The molecule has 2 aromatic rings. The normalized spacial score (nSPS) is 20.8. The molecule has 0 spiro atoms. The Hall–Kier alpha value is -2.93. The second-order valence-electron chi connectivity index (χ2n) is 8.73. The van der Waals surface area contributed by atoms with Crippen molar-refractivity contribution in [2.45, 2.75) is 52.2 Å². The highest BCUT2D eigenvalue weighted by Gasteiger charge is 2.45. The van der Waals surface area contributed by atoms with Crippen LogP contribution in [0.25, 0.3) is 6.20 Å². The van der Waals surface area contributed by atoms with Crippen LogP contribution in [0, 0.1) is 19.3 Å². The lowest BCUT2D eigenvalue weighted by molar-refractivity contribution is -0.155. The van der Waals surface area contributed by atoms with Crippen molar-refractivity contribution in [1.82, 2.24) is 14.7 Å². The number of hydrogen-bond donors (Lipinski definition) is 1. The lowest BCUT2D eigenvalue weighted by Gasteiger charge is -2.39. The average Bonchev–Trinajstić information content (AvgIpc) is 3.36. The fourth-order valence-electron chi connectivity index (χ4n) is 4.71. The largest absolute Gasteiger partial charge is 0.481 e. The predicted molar refractivity (Wildman–Crippen MR) is 120 cm³/mol. The molecule has 7 nitrogen and oxygen atoms in total.